The van der Waals surface area contributed by atoms with Crippen molar-refractivity contribution in [3.05, 3.63) is 53.1 Å². The number of anilines is 1. The molecule has 1 aliphatic carbocycles. The van der Waals surface area contributed by atoms with E-state index < -0.39 is 0 Å². The number of carbonyl (C=O) groups excluding carboxylic acids is 2. The Morgan fingerprint density at radius 2 is 1.79 bits per heavy atom. The second-order valence-electron chi connectivity index (χ2n) is 7.80. The third-order valence-corrected chi connectivity index (χ3v) is 6.95. The second kappa shape index (κ2) is 9.68. The van der Waals surface area contributed by atoms with E-state index in [9.17, 15) is 9.59 Å². The lowest BCUT2D eigenvalue weighted by molar-refractivity contribution is -0.114. The van der Waals surface area contributed by atoms with Crippen molar-refractivity contribution in [1.82, 2.24) is 5.32 Å². The Hall–Kier alpha value is -1.98. The fourth-order valence-electron chi connectivity index (χ4n) is 3.71. The summed E-state index contributed by atoms with van der Waals surface area (Å²) in [5, 5.41) is 6.73. The average molecular weight is 431 g/mol. The Balaban J connectivity index is 1.79. The lowest BCUT2D eigenvalue weighted by Crippen LogP contribution is -2.43. The van der Waals surface area contributed by atoms with E-state index in [2.05, 4.69) is 24.5 Å². The van der Waals surface area contributed by atoms with E-state index in [1.165, 1.54) is 25.1 Å². The first-order chi connectivity index (χ1) is 13.8. The summed E-state index contributed by atoms with van der Waals surface area (Å²) in [6.07, 6.45) is 3.38. The Morgan fingerprint density at radius 3 is 2.48 bits per heavy atom. The van der Waals surface area contributed by atoms with Crippen LogP contribution in [0.2, 0.25) is 5.02 Å². The molecule has 29 heavy (non-hydrogen) atoms. The van der Waals surface area contributed by atoms with Gasteiger partial charge in [0.05, 0.1) is 5.69 Å². The number of carbonyl (C=O) groups is 2. The van der Waals surface area contributed by atoms with Crippen LogP contribution in [0.1, 0.15) is 50.4 Å². The molecule has 2 amide bonds. The van der Waals surface area contributed by atoms with Crippen LogP contribution in [-0.4, -0.2) is 17.9 Å². The van der Waals surface area contributed by atoms with Gasteiger partial charge in [0.1, 0.15) is 0 Å². The fourth-order valence-corrected chi connectivity index (χ4v) is 4.72. The molecule has 0 aromatic heterocycles. The highest BCUT2D eigenvalue weighted by molar-refractivity contribution is 7.99. The van der Waals surface area contributed by atoms with E-state index in [1.807, 2.05) is 36.4 Å². The predicted octanol–water partition coefficient (Wildman–Crippen LogP) is 6.00. The maximum absolute atomic E-state index is 12.9. The third-order valence-electron chi connectivity index (χ3n) is 5.62. The molecule has 0 radical (unpaired) electrons. The Bertz CT molecular complexity index is 885. The number of benzene rings is 2. The van der Waals surface area contributed by atoms with E-state index in [0.717, 1.165) is 22.6 Å². The molecule has 0 spiro atoms. The smallest absolute Gasteiger partial charge is 0.251 e. The zero-order chi connectivity index (χ0) is 21.0. The van der Waals surface area contributed by atoms with Crippen LogP contribution >= 0.6 is 23.4 Å². The van der Waals surface area contributed by atoms with Crippen molar-refractivity contribution in [1.29, 1.82) is 0 Å². The van der Waals surface area contributed by atoms with Gasteiger partial charge in [-0.15, -0.1) is 0 Å². The molecule has 0 unspecified atom stereocenters. The van der Waals surface area contributed by atoms with Gasteiger partial charge < -0.3 is 10.6 Å². The monoisotopic (exact) mass is 430 g/mol. The van der Waals surface area contributed by atoms with E-state index in [1.54, 1.807) is 6.07 Å². The summed E-state index contributed by atoms with van der Waals surface area (Å²) in [6, 6.07) is 13.2. The topological polar surface area (TPSA) is 58.2 Å². The van der Waals surface area contributed by atoms with Gasteiger partial charge in [-0.3, -0.25) is 9.59 Å². The molecular weight excluding hydrogens is 404 g/mol. The zero-order valence-electron chi connectivity index (χ0n) is 17.0. The van der Waals surface area contributed by atoms with Crippen molar-refractivity contribution in [3.8, 4) is 0 Å². The van der Waals surface area contributed by atoms with Gasteiger partial charge in [-0.2, -0.15) is 0 Å². The van der Waals surface area contributed by atoms with Crippen LogP contribution in [-0.2, 0) is 4.79 Å². The lowest BCUT2D eigenvalue weighted by atomic mass is 9.78. The molecule has 154 valence electrons. The Morgan fingerprint density at radius 1 is 1.07 bits per heavy atom. The van der Waals surface area contributed by atoms with Gasteiger partial charge in [0.25, 0.3) is 5.91 Å². The molecule has 6 heteroatoms. The fraction of sp³-hybridized carbons (Fsp3) is 0.391. The first kappa shape index (κ1) is 21.7. The standard InChI is InChI=1S/C23H27ClN2O2S/c1-14-5-4-6-20(15(14)2)26-23(28)17-7-12-22(21(13-17)25-16(3)27)29-19-10-8-18(24)9-11-19/h7-15,20H,4-6H2,1-3H3,(H,25,27)(H,26,28)/t14-,15+,20+/m0/s1. The summed E-state index contributed by atoms with van der Waals surface area (Å²) in [4.78, 5) is 26.4. The van der Waals surface area contributed by atoms with Gasteiger partial charge in [-0.25, -0.2) is 0 Å². The number of halogens is 1. The van der Waals surface area contributed by atoms with Crippen LogP contribution in [0.4, 0.5) is 5.69 Å². The molecule has 1 fully saturated rings. The summed E-state index contributed by atoms with van der Waals surface area (Å²) in [7, 11) is 0. The van der Waals surface area contributed by atoms with Crippen LogP contribution in [0.5, 0.6) is 0 Å². The highest BCUT2D eigenvalue weighted by Crippen LogP contribution is 2.35. The van der Waals surface area contributed by atoms with E-state index >= 15 is 0 Å². The highest BCUT2D eigenvalue weighted by atomic mass is 35.5. The zero-order valence-corrected chi connectivity index (χ0v) is 18.6. The van der Waals surface area contributed by atoms with Gasteiger partial charge in [-0.1, -0.05) is 50.1 Å². The Labute approximate surface area is 181 Å². The number of nitrogens with one attached hydrogen (secondary N) is 2. The quantitative estimate of drug-likeness (QED) is 0.611. The molecule has 0 saturated heterocycles. The predicted molar refractivity (Wildman–Crippen MR) is 120 cm³/mol. The van der Waals surface area contributed by atoms with E-state index in [0.29, 0.717) is 28.1 Å². The van der Waals surface area contributed by atoms with Crippen molar-refractivity contribution in [2.24, 2.45) is 11.8 Å². The van der Waals surface area contributed by atoms with Gasteiger partial charge in [-0.05, 0) is 60.7 Å². The van der Waals surface area contributed by atoms with Gasteiger partial charge in [0.2, 0.25) is 5.91 Å². The molecule has 2 N–H and O–H groups in total. The summed E-state index contributed by atoms with van der Waals surface area (Å²) < 4.78 is 0. The molecule has 4 nitrogen and oxygen atoms in total. The maximum atomic E-state index is 12.9. The van der Waals surface area contributed by atoms with Gasteiger partial charge in [0.15, 0.2) is 0 Å². The number of rotatable bonds is 5. The summed E-state index contributed by atoms with van der Waals surface area (Å²) in [6.45, 7) is 5.93. The number of hydrogen-bond acceptors (Lipinski definition) is 3. The van der Waals surface area contributed by atoms with Crippen LogP contribution in [0, 0.1) is 11.8 Å². The molecule has 2 aromatic rings. The van der Waals surface area contributed by atoms with Crippen molar-refractivity contribution in [3.63, 3.8) is 0 Å². The molecule has 3 rings (SSSR count). The minimum Gasteiger partial charge on any atom is -0.349 e. The largest absolute Gasteiger partial charge is 0.349 e. The maximum Gasteiger partial charge on any atom is 0.251 e. The van der Waals surface area contributed by atoms with Crippen molar-refractivity contribution >= 4 is 40.9 Å². The van der Waals surface area contributed by atoms with Crippen molar-refractivity contribution < 1.29 is 9.59 Å². The first-order valence-electron chi connectivity index (χ1n) is 9.99. The summed E-state index contributed by atoms with van der Waals surface area (Å²) >= 11 is 7.48. The average Bonchev–Trinajstić information content (AvgIpc) is 2.68. The lowest BCUT2D eigenvalue weighted by Gasteiger charge is -2.34. The van der Waals surface area contributed by atoms with Crippen LogP contribution in [0.25, 0.3) is 0 Å². The third kappa shape index (κ3) is 5.77. The Kier molecular flexibility index (Phi) is 7.25. The number of hydrogen-bond donors (Lipinski definition) is 2. The molecule has 2 aromatic carbocycles. The van der Waals surface area contributed by atoms with Gasteiger partial charge >= 0.3 is 0 Å². The molecule has 1 aliphatic rings. The molecule has 0 aliphatic heterocycles. The molecule has 3 atom stereocenters. The SMILES string of the molecule is CC(=O)Nc1cc(C(=O)N[C@@H]2CCC[C@H](C)[C@H]2C)ccc1Sc1ccc(Cl)cc1. The second-order valence-corrected chi connectivity index (χ2v) is 9.35. The van der Waals surface area contributed by atoms with Crippen LogP contribution in [0.15, 0.2) is 52.3 Å². The normalized spacial score (nSPS) is 21.4. The van der Waals surface area contributed by atoms with Crippen molar-refractivity contribution in [2.75, 3.05) is 5.32 Å². The van der Waals surface area contributed by atoms with E-state index in [-0.39, 0.29) is 17.9 Å². The van der Waals surface area contributed by atoms with Crippen LogP contribution in [0.3, 0.4) is 0 Å². The van der Waals surface area contributed by atoms with E-state index in [4.69, 9.17) is 11.6 Å². The minimum absolute atomic E-state index is 0.0920. The number of amides is 2. The molecular formula is C23H27ClN2O2S. The minimum atomic E-state index is -0.171. The molecule has 0 heterocycles. The summed E-state index contributed by atoms with van der Waals surface area (Å²) in [5.74, 6) is 0.810. The van der Waals surface area contributed by atoms with Crippen molar-refractivity contribution in [2.45, 2.75) is 55.9 Å². The van der Waals surface area contributed by atoms with Crippen LogP contribution < -0.4 is 10.6 Å². The highest BCUT2D eigenvalue weighted by Gasteiger charge is 2.28. The molecule has 0 bridgehead atoms. The van der Waals surface area contributed by atoms with Gasteiger partial charge in [0, 0.05) is 33.3 Å². The molecule has 1 saturated carbocycles. The first-order valence-corrected chi connectivity index (χ1v) is 11.2. The summed E-state index contributed by atoms with van der Waals surface area (Å²) in [5.41, 5.74) is 1.19.